The largest absolute Gasteiger partial charge is 0.389 e. The molecule has 4 heteroatoms. The normalized spacial score (nSPS) is 18.1. The van der Waals surface area contributed by atoms with Gasteiger partial charge in [-0.05, 0) is 41.8 Å². The van der Waals surface area contributed by atoms with Crippen molar-refractivity contribution >= 4 is 23.8 Å². The number of hydrogen-bond donors (Lipinski definition) is 2. The van der Waals surface area contributed by atoms with Crippen molar-refractivity contribution in [3.8, 4) is 0 Å². The Morgan fingerprint density at radius 2 is 2.00 bits per heavy atom. The zero-order valence-electron chi connectivity index (χ0n) is 10.9. The first kappa shape index (κ1) is 13.3. The number of benzene rings is 1. The zero-order chi connectivity index (χ0) is 14.3. The Kier molecular flexibility index (Phi) is 3.34. The molecule has 2 unspecified atom stereocenters. The van der Waals surface area contributed by atoms with E-state index in [2.05, 4.69) is 4.98 Å². The van der Waals surface area contributed by atoms with Crippen molar-refractivity contribution in [1.29, 1.82) is 0 Å². The van der Waals surface area contributed by atoms with Gasteiger partial charge in [-0.3, -0.25) is 4.98 Å². The summed E-state index contributed by atoms with van der Waals surface area (Å²) >= 11 is 5.97. The van der Waals surface area contributed by atoms with E-state index in [1.54, 1.807) is 19.2 Å². The number of nitrogens with zero attached hydrogens (tertiary/aromatic N) is 1. The molecule has 0 fully saturated rings. The van der Waals surface area contributed by atoms with Gasteiger partial charge in [0.2, 0.25) is 0 Å². The van der Waals surface area contributed by atoms with E-state index in [0.29, 0.717) is 16.3 Å². The fourth-order valence-electron chi connectivity index (χ4n) is 2.40. The van der Waals surface area contributed by atoms with E-state index in [9.17, 15) is 10.2 Å². The average molecular weight is 288 g/mol. The van der Waals surface area contributed by atoms with Crippen LogP contribution in [-0.2, 0) is 0 Å². The molecule has 20 heavy (non-hydrogen) atoms. The molecule has 0 amide bonds. The van der Waals surface area contributed by atoms with Gasteiger partial charge in [-0.1, -0.05) is 29.8 Å². The molecule has 0 saturated heterocycles. The van der Waals surface area contributed by atoms with Crippen molar-refractivity contribution in [2.45, 2.75) is 19.1 Å². The van der Waals surface area contributed by atoms with Gasteiger partial charge in [-0.25, -0.2) is 0 Å². The van der Waals surface area contributed by atoms with E-state index in [1.807, 2.05) is 30.4 Å². The third-order valence-corrected chi connectivity index (χ3v) is 3.73. The Hall–Kier alpha value is -1.68. The fraction of sp³-hybridized carbons (Fsp3) is 0.188. The number of pyridine rings is 1. The standard InChI is InChI=1S/C16H14ClNO2/c1-9(19)11-3-2-10-4-5-15-14(7-12(17)8-18-15)16(20)13(10)6-11/h2-9,16,19-20H,1H3. The van der Waals surface area contributed by atoms with E-state index in [0.717, 1.165) is 16.7 Å². The Morgan fingerprint density at radius 1 is 1.20 bits per heavy atom. The van der Waals surface area contributed by atoms with Crippen LogP contribution in [-0.4, -0.2) is 15.2 Å². The second-order valence-electron chi connectivity index (χ2n) is 4.93. The van der Waals surface area contributed by atoms with Crippen LogP contribution < -0.4 is 0 Å². The third kappa shape index (κ3) is 2.24. The van der Waals surface area contributed by atoms with E-state index < -0.39 is 12.2 Å². The minimum absolute atomic E-state index is 0.492. The van der Waals surface area contributed by atoms with E-state index in [4.69, 9.17) is 11.6 Å². The molecule has 1 heterocycles. The highest BCUT2D eigenvalue weighted by Gasteiger charge is 2.21. The number of aromatic nitrogens is 1. The molecule has 1 aliphatic rings. The molecule has 1 aliphatic carbocycles. The molecule has 3 nitrogen and oxygen atoms in total. The van der Waals surface area contributed by atoms with Crippen LogP contribution in [0.2, 0.25) is 5.02 Å². The van der Waals surface area contributed by atoms with Gasteiger partial charge in [0.25, 0.3) is 0 Å². The van der Waals surface area contributed by atoms with E-state index in [1.165, 1.54) is 0 Å². The van der Waals surface area contributed by atoms with Crippen LogP contribution in [0.25, 0.3) is 12.2 Å². The average Bonchev–Trinajstić information content (AvgIpc) is 2.57. The minimum atomic E-state index is -0.806. The molecule has 3 rings (SSSR count). The molecule has 2 N–H and O–H groups in total. The monoisotopic (exact) mass is 287 g/mol. The highest BCUT2D eigenvalue weighted by Crippen LogP contribution is 2.34. The minimum Gasteiger partial charge on any atom is -0.389 e. The lowest BCUT2D eigenvalue weighted by Gasteiger charge is -2.16. The topological polar surface area (TPSA) is 53.4 Å². The summed E-state index contributed by atoms with van der Waals surface area (Å²) in [6, 6.07) is 7.30. The second-order valence-corrected chi connectivity index (χ2v) is 5.36. The van der Waals surface area contributed by atoms with Gasteiger partial charge < -0.3 is 10.2 Å². The number of fused-ring (bicyclic) bond motifs is 2. The lowest BCUT2D eigenvalue weighted by molar-refractivity contribution is 0.197. The van der Waals surface area contributed by atoms with Crippen LogP contribution >= 0.6 is 11.6 Å². The van der Waals surface area contributed by atoms with Gasteiger partial charge in [0, 0.05) is 11.8 Å². The molecule has 0 bridgehead atoms. The predicted octanol–water partition coefficient (Wildman–Crippen LogP) is 3.35. The molecular weight excluding hydrogens is 274 g/mol. The fourth-order valence-corrected chi connectivity index (χ4v) is 2.57. The number of aliphatic hydroxyl groups is 2. The summed E-state index contributed by atoms with van der Waals surface area (Å²) in [5.41, 5.74) is 3.82. The van der Waals surface area contributed by atoms with Gasteiger partial charge >= 0.3 is 0 Å². The smallest absolute Gasteiger partial charge is 0.107 e. The molecule has 102 valence electrons. The van der Waals surface area contributed by atoms with Gasteiger partial charge in [0.1, 0.15) is 6.10 Å². The quantitative estimate of drug-likeness (QED) is 0.846. The Bertz CT molecular complexity index is 695. The summed E-state index contributed by atoms with van der Waals surface area (Å²) in [5, 5.41) is 20.8. The molecular formula is C16H14ClNO2. The first-order chi connectivity index (χ1) is 9.56. The van der Waals surface area contributed by atoms with Crippen LogP contribution in [0.3, 0.4) is 0 Å². The molecule has 0 saturated carbocycles. The van der Waals surface area contributed by atoms with Crippen molar-refractivity contribution in [3.63, 3.8) is 0 Å². The van der Waals surface area contributed by atoms with Crippen molar-refractivity contribution < 1.29 is 10.2 Å². The van der Waals surface area contributed by atoms with Gasteiger partial charge in [-0.15, -0.1) is 0 Å². The highest BCUT2D eigenvalue weighted by atomic mass is 35.5. The summed E-state index contributed by atoms with van der Waals surface area (Å²) in [6.45, 7) is 1.70. The van der Waals surface area contributed by atoms with Crippen LogP contribution in [0, 0.1) is 0 Å². The summed E-state index contributed by atoms with van der Waals surface area (Å²) in [6.07, 6.45) is 3.96. The first-order valence-electron chi connectivity index (χ1n) is 6.40. The van der Waals surface area contributed by atoms with Crippen LogP contribution in [0.15, 0.2) is 30.5 Å². The Labute approximate surface area is 122 Å². The van der Waals surface area contributed by atoms with Gasteiger partial charge in [0.15, 0.2) is 0 Å². The lowest BCUT2D eigenvalue weighted by Crippen LogP contribution is -2.05. The van der Waals surface area contributed by atoms with E-state index >= 15 is 0 Å². The number of rotatable bonds is 1. The maximum Gasteiger partial charge on any atom is 0.107 e. The molecule has 2 aromatic rings. The van der Waals surface area contributed by atoms with E-state index in [-0.39, 0.29) is 0 Å². The van der Waals surface area contributed by atoms with Crippen molar-refractivity contribution in [3.05, 3.63) is 63.4 Å². The van der Waals surface area contributed by atoms with Gasteiger partial charge in [0.05, 0.1) is 16.8 Å². The summed E-state index contributed by atoms with van der Waals surface area (Å²) in [4.78, 5) is 4.24. The molecule has 2 atom stereocenters. The molecule has 0 radical (unpaired) electrons. The van der Waals surface area contributed by atoms with Crippen LogP contribution in [0.5, 0.6) is 0 Å². The lowest BCUT2D eigenvalue weighted by atomic mass is 9.95. The number of aliphatic hydroxyl groups excluding tert-OH is 2. The molecule has 1 aromatic heterocycles. The zero-order valence-corrected chi connectivity index (χ0v) is 11.7. The molecule has 0 spiro atoms. The summed E-state index contributed by atoms with van der Waals surface area (Å²) in [5.74, 6) is 0. The molecule has 1 aromatic carbocycles. The second kappa shape index (κ2) is 5.02. The maximum atomic E-state index is 10.6. The van der Waals surface area contributed by atoms with Crippen molar-refractivity contribution in [2.75, 3.05) is 0 Å². The third-order valence-electron chi connectivity index (χ3n) is 3.52. The highest BCUT2D eigenvalue weighted by molar-refractivity contribution is 6.30. The Balaban J connectivity index is 2.19. The van der Waals surface area contributed by atoms with Crippen LogP contribution in [0.1, 0.15) is 47.1 Å². The predicted molar refractivity (Wildman–Crippen MR) is 79.3 cm³/mol. The van der Waals surface area contributed by atoms with Crippen LogP contribution in [0.4, 0.5) is 0 Å². The van der Waals surface area contributed by atoms with Crippen molar-refractivity contribution in [2.24, 2.45) is 0 Å². The number of hydrogen-bond acceptors (Lipinski definition) is 3. The summed E-state index contributed by atoms with van der Waals surface area (Å²) < 4.78 is 0. The van der Waals surface area contributed by atoms with Gasteiger partial charge in [-0.2, -0.15) is 0 Å². The molecule has 0 aliphatic heterocycles. The number of halogens is 1. The Morgan fingerprint density at radius 3 is 2.75 bits per heavy atom. The summed E-state index contributed by atoms with van der Waals surface area (Å²) in [7, 11) is 0. The van der Waals surface area contributed by atoms with Crippen molar-refractivity contribution in [1.82, 2.24) is 4.98 Å². The maximum absolute atomic E-state index is 10.6. The SMILES string of the molecule is CC(O)c1ccc2c(c1)C(O)c1cc(Cl)cnc1C=C2. The first-order valence-corrected chi connectivity index (χ1v) is 6.77.